The molecule has 4 nitrogen and oxygen atoms in total. The number of hydrogen-bond donors (Lipinski definition) is 0. The summed E-state index contributed by atoms with van der Waals surface area (Å²) in [6.45, 7) is 9.42. The lowest BCUT2D eigenvalue weighted by Gasteiger charge is -2.26. The molecular formula is C18H25NO3. The highest BCUT2D eigenvalue weighted by atomic mass is 16.6. The van der Waals surface area contributed by atoms with Crippen molar-refractivity contribution in [2.45, 2.75) is 46.3 Å². The molecule has 1 aromatic carbocycles. The van der Waals surface area contributed by atoms with Crippen LogP contribution >= 0.6 is 0 Å². The lowest BCUT2D eigenvalue weighted by atomic mass is 10.1. The Labute approximate surface area is 132 Å². The standard InChI is InChI=1S/C18H25NO3/c1-7-15(16(17(20)21-6)22-18(3,4)5)19-13(2)14-11-9-8-10-12-14/h7-12,16H,1-6H3/b15-7-,19-13?. The van der Waals surface area contributed by atoms with Gasteiger partial charge in [0.15, 0.2) is 6.10 Å². The molecule has 120 valence electrons. The van der Waals surface area contributed by atoms with Crippen molar-refractivity contribution in [1.29, 1.82) is 0 Å². The quantitative estimate of drug-likeness (QED) is 0.614. The minimum Gasteiger partial charge on any atom is -0.467 e. The van der Waals surface area contributed by atoms with E-state index in [2.05, 4.69) is 4.99 Å². The van der Waals surface area contributed by atoms with E-state index in [9.17, 15) is 4.79 Å². The van der Waals surface area contributed by atoms with E-state index in [1.807, 2.05) is 65.0 Å². The Morgan fingerprint density at radius 3 is 2.27 bits per heavy atom. The average molecular weight is 303 g/mol. The van der Waals surface area contributed by atoms with Gasteiger partial charge in [-0.05, 0) is 40.2 Å². The minimum absolute atomic E-state index is 0.451. The van der Waals surface area contributed by atoms with Crippen LogP contribution in [0.25, 0.3) is 0 Å². The number of methoxy groups -OCH3 is 1. The molecule has 22 heavy (non-hydrogen) atoms. The molecule has 0 radical (unpaired) electrons. The van der Waals surface area contributed by atoms with Gasteiger partial charge in [-0.1, -0.05) is 36.4 Å². The van der Waals surface area contributed by atoms with Gasteiger partial charge >= 0.3 is 5.97 Å². The molecular weight excluding hydrogens is 278 g/mol. The van der Waals surface area contributed by atoms with E-state index in [0.717, 1.165) is 11.3 Å². The van der Waals surface area contributed by atoms with Crippen molar-refractivity contribution >= 4 is 11.7 Å². The summed E-state index contributed by atoms with van der Waals surface area (Å²) in [6.07, 6.45) is 0.938. The predicted molar refractivity (Wildman–Crippen MR) is 89.1 cm³/mol. The monoisotopic (exact) mass is 303 g/mol. The normalized spacial score (nSPS) is 14.6. The molecule has 0 amide bonds. The molecule has 0 N–H and O–H groups in total. The van der Waals surface area contributed by atoms with Gasteiger partial charge in [-0.3, -0.25) is 4.99 Å². The molecule has 1 aromatic rings. The third-order valence-corrected chi connectivity index (χ3v) is 2.94. The Balaban J connectivity index is 3.12. The molecule has 0 saturated heterocycles. The van der Waals surface area contributed by atoms with Crippen molar-refractivity contribution in [3.63, 3.8) is 0 Å². The lowest BCUT2D eigenvalue weighted by molar-refractivity contribution is -0.159. The molecule has 0 aliphatic carbocycles. The Morgan fingerprint density at radius 2 is 1.82 bits per heavy atom. The van der Waals surface area contributed by atoms with E-state index in [0.29, 0.717) is 5.70 Å². The van der Waals surface area contributed by atoms with E-state index >= 15 is 0 Å². The molecule has 0 fully saturated rings. The summed E-state index contributed by atoms with van der Waals surface area (Å²) >= 11 is 0. The number of ether oxygens (including phenoxy) is 2. The molecule has 0 aromatic heterocycles. The summed E-state index contributed by atoms with van der Waals surface area (Å²) in [4.78, 5) is 16.6. The van der Waals surface area contributed by atoms with Gasteiger partial charge in [0.1, 0.15) is 0 Å². The van der Waals surface area contributed by atoms with Crippen molar-refractivity contribution in [3.8, 4) is 0 Å². The van der Waals surface area contributed by atoms with Gasteiger partial charge in [0.05, 0.1) is 18.4 Å². The van der Waals surface area contributed by atoms with Crippen molar-refractivity contribution in [1.82, 2.24) is 0 Å². The molecule has 0 aliphatic rings. The van der Waals surface area contributed by atoms with Crippen molar-refractivity contribution in [2.75, 3.05) is 7.11 Å². The molecule has 0 aliphatic heterocycles. The second-order valence-electron chi connectivity index (χ2n) is 5.91. The van der Waals surface area contributed by atoms with Crippen LogP contribution in [0, 0.1) is 0 Å². The van der Waals surface area contributed by atoms with Crippen molar-refractivity contribution in [2.24, 2.45) is 4.99 Å². The maximum atomic E-state index is 12.1. The number of aliphatic imine (C=N–C) groups is 1. The number of carbonyl (C=O) groups excluding carboxylic acids is 1. The van der Waals surface area contributed by atoms with Crippen LogP contribution in [0.4, 0.5) is 0 Å². The van der Waals surface area contributed by atoms with Crippen LogP contribution in [0.1, 0.15) is 40.2 Å². The molecule has 1 atom stereocenters. The lowest BCUT2D eigenvalue weighted by Crippen LogP contribution is -2.35. The largest absolute Gasteiger partial charge is 0.467 e. The van der Waals surface area contributed by atoms with Crippen LogP contribution < -0.4 is 0 Å². The van der Waals surface area contributed by atoms with Gasteiger partial charge in [0, 0.05) is 5.71 Å². The average Bonchev–Trinajstić information content (AvgIpc) is 2.49. The van der Waals surface area contributed by atoms with Gasteiger partial charge in [-0.25, -0.2) is 4.79 Å². The Bertz CT molecular complexity index is 553. The number of hydrogen-bond acceptors (Lipinski definition) is 4. The van der Waals surface area contributed by atoms with E-state index in [1.54, 1.807) is 6.08 Å². The number of rotatable bonds is 5. The highest BCUT2D eigenvalue weighted by Gasteiger charge is 2.29. The van der Waals surface area contributed by atoms with Gasteiger partial charge in [-0.2, -0.15) is 0 Å². The van der Waals surface area contributed by atoms with Gasteiger partial charge in [-0.15, -0.1) is 0 Å². The van der Waals surface area contributed by atoms with E-state index in [4.69, 9.17) is 9.47 Å². The van der Waals surface area contributed by atoms with Crippen LogP contribution in [0.15, 0.2) is 47.1 Å². The molecule has 1 unspecified atom stereocenters. The summed E-state index contributed by atoms with van der Waals surface area (Å²) in [5.74, 6) is -0.451. The third kappa shape index (κ3) is 5.45. The number of nitrogens with zero attached hydrogens (tertiary/aromatic N) is 1. The van der Waals surface area contributed by atoms with Gasteiger partial charge in [0.2, 0.25) is 0 Å². The first kappa shape index (κ1) is 18.1. The second kappa shape index (κ2) is 7.90. The Hall–Kier alpha value is -1.94. The number of allylic oxidation sites excluding steroid dienone is 1. The fraction of sp³-hybridized carbons (Fsp3) is 0.444. The molecule has 1 rings (SSSR count). The highest BCUT2D eigenvalue weighted by Crippen LogP contribution is 2.20. The molecule has 4 heteroatoms. The van der Waals surface area contributed by atoms with Crippen LogP contribution in [-0.4, -0.2) is 30.5 Å². The van der Waals surface area contributed by atoms with Crippen molar-refractivity contribution in [3.05, 3.63) is 47.7 Å². The van der Waals surface area contributed by atoms with Gasteiger partial charge in [0.25, 0.3) is 0 Å². The van der Waals surface area contributed by atoms with E-state index in [-0.39, 0.29) is 0 Å². The maximum absolute atomic E-state index is 12.1. The third-order valence-electron chi connectivity index (χ3n) is 2.94. The van der Waals surface area contributed by atoms with E-state index in [1.165, 1.54) is 7.11 Å². The smallest absolute Gasteiger partial charge is 0.341 e. The summed E-state index contributed by atoms with van der Waals surface area (Å²) in [7, 11) is 1.35. The number of carbonyl (C=O) groups is 1. The number of benzene rings is 1. The fourth-order valence-electron chi connectivity index (χ4n) is 1.90. The topological polar surface area (TPSA) is 47.9 Å². The van der Waals surface area contributed by atoms with E-state index < -0.39 is 17.7 Å². The summed E-state index contributed by atoms with van der Waals surface area (Å²) in [6, 6.07) is 9.81. The minimum atomic E-state index is -0.839. The molecule has 0 bridgehead atoms. The first-order valence-corrected chi connectivity index (χ1v) is 7.31. The van der Waals surface area contributed by atoms with Crippen molar-refractivity contribution < 1.29 is 14.3 Å². The zero-order valence-corrected chi connectivity index (χ0v) is 14.2. The SMILES string of the molecule is C/C=C(\N=C(C)c1ccccc1)C(OC(C)(C)C)C(=O)OC. The summed E-state index contributed by atoms with van der Waals surface area (Å²) in [5, 5.41) is 0. The number of esters is 1. The molecule has 0 saturated carbocycles. The fourth-order valence-corrected chi connectivity index (χ4v) is 1.90. The summed E-state index contributed by atoms with van der Waals surface area (Å²) < 4.78 is 10.7. The predicted octanol–water partition coefficient (Wildman–Crippen LogP) is 3.76. The molecule has 0 spiro atoms. The highest BCUT2D eigenvalue weighted by molar-refractivity contribution is 5.99. The Morgan fingerprint density at radius 1 is 1.23 bits per heavy atom. The summed E-state index contributed by atoms with van der Waals surface area (Å²) in [5.41, 5.74) is 1.88. The zero-order valence-electron chi connectivity index (χ0n) is 14.2. The van der Waals surface area contributed by atoms with Crippen LogP contribution in [0.5, 0.6) is 0 Å². The van der Waals surface area contributed by atoms with Crippen LogP contribution in [0.2, 0.25) is 0 Å². The first-order valence-electron chi connectivity index (χ1n) is 7.31. The second-order valence-corrected chi connectivity index (χ2v) is 5.91. The van der Waals surface area contributed by atoms with Crippen LogP contribution in [0.3, 0.4) is 0 Å². The van der Waals surface area contributed by atoms with Gasteiger partial charge < -0.3 is 9.47 Å². The van der Waals surface area contributed by atoms with Crippen LogP contribution in [-0.2, 0) is 14.3 Å². The molecule has 0 heterocycles. The first-order chi connectivity index (χ1) is 10.3. The maximum Gasteiger partial charge on any atom is 0.341 e. The zero-order chi connectivity index (χ0) is 16.8. The Kier molecular flexibility index (Phi) is 6.50.